The number of nitrogens with zero attached hydrogens (tertiary/aromatic N) is 3. The van der Waals surface area contributed by atoms with E-state index in [1.165, 1.54) is 0 Å². The fraction of sp³-hybridized carbons (Fsp3) is 0.190. The summed E-state index contributed by atoms with van der Waals surface area (Å²) in [6.45, 7) is 4.89. The van der Waals surface area contributed by atoms with Crippen molar-refractivity contribution in [1.29, 1.82) is 5.26 Å². The van der Waals surface area contributed by atoms with Crippen LogP contribution in [0.3, 0.4) is 0 Å². The number of anilines is 2. The normalized spacial score (nSPS) is 10.4. The zero-order chi connectivity index (χ0) is 19.5. The molecular weight excluding hydrogens is 408 g/mol. The van der Waals surface area contributed by atoms with Gasteiger partial charge in [0.2, 0.25) is 0 Å². The Morgan fingerprint density at radius 2 is 1.79 bits per heavy atom. The molecule has 29 heavy (non-hydrogen) atoms. The third-order valence-corrected chi connectivity index (χ3v) is 5.05. The lowest BCUT2D eigenvalue weighted by atomic mass is 10.1. The molecule has 148 valence electrons. The molecule has 1 N–H and O–H groups in total. The number of ether oxygens (including phenoxy) is 2. The van der Waals surface area contributed by atoms with Gasteiger partial charge in [-0.25, -0.2) is 4.98 Å². The fourth-order valence-electron chi connectivity index (χ4n) is 3.03. The van der Waals surface area contributed by atoms with E-state index in [0.29, 0.717) is 36.0 Å². The first-order valence-corrected chi connectivity index (χ1v) is 9.84. The molecule has 2 heterocycles. The van der Waals surface area contributed by atoms with Gasteiger partial charge in [-0.2, -0.15) is 5.26 Å². The summed E-state index contributed by atoms with van der Waals surface area (Å²) in [7, 11) is 0. The molecule has 0 spiro atoms. The highest BCUT2D eigenvalue weighted by Crippen LogP contribution is 2.37. The summed E-state index contributed by atoms with van der Waals surface area (Å²) < 4.78 is 12.5. The maximum atomic E-state index is 9.61. The Kier molecular flexibility index (Phi) is 6.37. The Morgan fingerprint density at radius 3 is 2.52 bits per heavy atom. The van der Waals surface area contributed by atoms with Crippen molar-refractivity contribution >= 4 is 56.2 Å². The topological polar surface area (TPSA) is 80.1 Å². The number of pyridine rings is 1. The van der Waals surface area contributed by atoms with Gasteiger partial charge in [0.25, 0.3) is 0 Å². The maximum absolute atomic E-state index is 9.61. The van der Waals surface area contributed by atoms with Crippen molar-refractivity contribution in [3.63, 3.8) is 0 Å². The number of hydrogen-bond donors (Lipinski definition) is 1. The molecule has 0 amide bonds. The van der Waals surface area contributed by atoms with E-state index in [0.717, 1.165) is 26.8 Å². The number of nitriles is 1. The van der Waals surface area contributed by atoms with E-state index >= 15 is 0 Å². The highest BCUT2D eigenvalue weighted by molar-refractivity contribution is 7.16. The smallest absolute Gasteiger partial charge is 0.163 e. The van der Waals surface area contributed by atoms with Crippen molar-refractivity contribution < 1.29 is 9.47 Å². The van der Waals surface area contributed by atoms with Crippen molar-refractivity contribution in [3.05, 3.63) is 47.6 Å². The second kappa shape index (κ2) is 8.95. The molecule has 2 aromatic heterocycles. The SMILES string of the molecule is CCOc1cc2ncc(C#N)c(Nc3ccc4ncsc4c3)c2cc1OCC.Cl. The van der Waals surface area contributed by atoms with Crippen LogP contribution in [0.2, 0.25) is 0 Å². The van der Waals surface area contributed by atoms with Gasteiger partial charge in [0, 0.05) is 23.3 Å². The van der Waals surface area contributed by atoms with Gasteiger partial charge in [-0.3, -0.25) is 4.98 Å². The van der Waals surface area contributed by atoms with Gasteiger partial charge >= 0.3 is 0 Å². The Morgan fingerprint density at radius 1 is 1.03 bits per heavy atom. The minimum Gasteiger partial charge on any atom is -0.490 e. The summed E-state index contributed by atoms with van der Waals surface area (Å²) in [5.41, 5.74) is 5.54. The lowest BCUT2D eigenvalue weighted by molar-refractivity contribution is 0.288. The number of fused-ring (bicyclic) bond motifs is 2. The molecule has 4 rings (SSSR count). The van der Waals surface area contributed by atoms with Crippen LogP contribution in [-0.2, 0) is 0 Å². The molecule has 0 radical (unpaired) electrons. The number of benzene rings is 2. The van der Waals surface area contributed by atoms with Gasteiger partial charge in [0.05, 0.1) is 45.7 Å². The van der Waals surface area contributed by atoms with Crippen molar-refractivity contribution in [3.8, 4) is 17.6 Å². The van der Waals surface area contributed by atoms with Crippen LogP contribution in [0.15, 0.2) is 42.0 Å². The van der Waals surface area contributed by atoms with Gasteiger partial charge in [0.1, 0.15) is 6.07 Å². The molecule has 4 aromatic rings. The van der Waals surface area contributed by atoms with Gasteiger partial charge in [-0.15, -0.1) is 23.7 Å². The Balaban J connectivity index is 0.00000240. The first-order valence-electron chi connectivity index (χ1n) is 8.96. The minimum atomic E-state index is 0. The minimum absolute atomic E-state index is 0. The van der Waals surface area contributed by atoms with Gasteiger partial charge in [-0.1, -0.05) is 0 Å². The molecule has 0 bridgehead atoms. The standard InChI is InChI=1S/C21H18N4O2S.ClH/c1-3-26-18-8-15-17(9-19(18)27-4-2)23-11-13(10-22)21(15)25-14-5-6-16-20(7-14)28-12-24-16;/h5-9,11-12H,3-4H2,1-2H3,(H,23,25);1H. The molecule has 0 unspecified atom stereocenters. The summed E-state index contributed by atoms with van der Waals surface area (Å²) >= 11 is 1.58. The van der Waals surface area contributed by atoms with E-state index in [1.54, 1.807) is 17.5 Å². The summed E-state index contributed by atoms with van der Waals surface area (Å²) in [4.78, 5) is 8.74. The van der Waals surface area contributed by atoms with Crippen molar-refractivity contribution in [2.24, 2.45) is 0 Å². The Bertz CT molecular complexity index is 1200. The van der Waals surface area contributed by atoms with Gasteiger partial charge < -0.3 is 14.8 Å². The average Bonchev–Trinajstić information content (AvgIpc) is 3.17. The maximum Gasteiger partial charge on any atom is 0.163 e. The van der Waals surface area contributed by atoms with Crippen LogP contribution in [-0.4, -0.2) is 23.2 Å². The highest BCUT2D eigenvalue weighted by Gasteiger charge is 2.15. The molecule has 0 fully saturated rings. The van der Waals surface area contributed by atoms with Crippen LogP contribution in [0.4, 0.5) is 11.4 Å². The van der Waals surface area contributed by atoms with Crippen LogP contribution in [0, 0.1) is 11.3 Å². The van der Waals surface area contributed by atoms with E-state index in [1.807, 2.05) is 49.7 Å². The third kappa shape index (κ3) is 4.04. The van der Waals surface area contributed by atoms with E-state index < -0.39 is 0 Å². The quantitative estimate of drug-likeness (QED) is 0.427. The van der Waals surface area contributed by atoms with E-state index in [2.05, 4.69) is 21.4 Å². The summed E-state index contributed by atoms with van der Waals surface area (Å²) in [6, 6.07) is 11.9. The summed E-state index contributed by atoms with van der Waals surface area (Å²) in [5, 5.41) is 13.8. The summed E-state index contributed by atoms with van der Waals surface area (Å²) in [6.07, 6.45) is 1.58. The predicted octanol–water partition coefficient (Wildman–Crippen LogP) is 5.68. The second-order valence-corrected chi connectivity index (χ2v) is 6.89. The van der Waals surface area contributed by atoms with Crippen LogP contribution in [0.25, 0.3) is 21.1 Å². The predicted molar refractivity (Wildman–Crippen MR) is 119 cm³/mol. The number of thiazole rings is 1. The lowest BCUT2D eigenvalue weighted by Crippen LogP contribution is -2.01. The molecule has 0 aliphatic heterocycles. The second-order valence-electron chi connectivity index (χ2n) is 6.00. The van der Waals surface area contributed by atoms with E-state index in [-0.39, 0.29) is 12.4 Å². The average molecular weight is 427 g/mol. The van der Waals surface area contributed by atoms with Crippen LogP contribution in [0.5, 0.6) is 11.5 Å². The third-order valence-electron chi connectivity index (χ3n) is 4.25. The van der Waals surface area contributed by atoms with Gasteiger partial charge in [0.15, 0.2) is 11.5 Å². The fourth-order valence-corrected chi connectivity index (χ4v) is 3.75. The lowest BCUT2D eigenvalue weighted by Gasteiger charge is -2.15. The van der Waals surface area contributed by atoms with E-state index in [4.69, 9.17) is 9.47 Å². The molecule has 6 nitrogen and oxygen atoms in total. The van der Waals surface area contributed by atoms with E-state index in [9.17, 15) is 5.26 Å². The van der Waals surface area contributed by atoms with Crippen molar-refractivity contribution in [2.75, 3.05) is 18.5 Å². The zero-order valence-corrected chi connectivity index (χ0v) is 17.6. The molecule has 0 aliphatic rings. The molecule has 0 saturated carbocycles. The largest absolute Gasteiger partial charge is 0.490 e. The van der Waals surface area contributed by atoms with Gasteiger partial charge in [-0.05, 0) is 38.1 Å². The number of hydrogen-bond acceptors (Lipinski definition) is 7. The highest BCUT2D eigenvalue weighted by atomic mass is 35.5. The molecule has 0 atom stereocenters. The van der Waals surface area contributed by atoms with Crippen molar-refractivity contribution in [1.82, 2.24) is 9.97 Å². The molecule has 0 saturated heterocycles. The first-order chi connectivity index (χ1) is 13.7. The summed E-state index contributed by atoms with van der Waals surface area (Å²) in [5.74, 6) is 1.28. The Hall–Kier alpha value is -3.08. The van der Waals surface area contributed by atoms with Crippen molar-refractivity contribution in [2.45, 2.75) is 13.8 Å². The van der Waals surface area contributed by atoms with Crippen LogP contribution in [0.1, 0.15) is 19.4 Å². The van der Waals surface area contributed by atoms with Crippen LogP contribution >= 0.6 is 23.7 Å². The molecule has 0 aliphatic carbocycles. The number of nitrogens with one attached hydrogen (secondary N) is 1. The Labute approximate surface area is 178 Å². The molecular formula is C21H19ClN4O2S. The number of aromatic nitrogens is 2. The zero-order valence-electron chi connectivity index (χ0n) is 15.9. The monoisotopic (exact) mass is 426 g/mol. The molecule has 8 heteroatoms. The molecule has 2 aromatic carbocycles. The van der Waals surface area contributed by atoms with Crippen LogP contribution < -0.4 is 14.8 Å². The number of rotatable bonds is 6. The number of halogens is 1. The first kappa shape index (κ1) is 20.6.